The topological polar surface area (TPSA) is 60.8 Å². The van der Waals surface area contributed by atoms with Gasteiger partial charge in [-0.15, -0.1) is 0 Å². The first kappa shape index (κ1) is 13.7. The van der Waals surface area contributed by atoms with Gasteiger partial charge in [0.25, 0.3) is 0 Å². The van der Waals surface area contributed by atoms with E-state index in [-0.39, 0.29) is 6.61 Å². The molecule has 94 valence electrons. The molecule has 0 radical (unpaired) electrons. The molecule has 4 heteroatoms. The number of carboxylic acids is 1. The van der Waals surface area contributed by atoms with Crippen molar-refractivity contribution in [2.75, 3.05) is 20.2 Å². The van der Waals surface area contributed by atoms with Crippen molar-refractivity contribution in [3.63, 3.8) is 0 Å². The molecule has 1 rings (SSSR count). The Bertz CT molecular complexity index is 361. The van der Waals surface area contributed by atoms with Crippen LogP contribution in [0.1, 0.15) is 24.0 Å². The monoisotopic (exact) mass is 237 g/mol. The molecule has 0 saturated carbocycles. The van der Waals surface area contributed by atoms with Crippen molar-refractivity contribution in [1.29, 1.82) is 0 Å². The number of benzene rings is 1. The molecule has 0 aliphatic heterocycles. The van der Waals surface area contributed by atoms with Crippen LogP contribution in [0, 0.1) is 0 Å². The Labute approximate surface area is 101 Å². The lowest BCUT2D eigenvalue weighted by Gasteiger charge is -2.15. The summed E-state index contributed by atoms with van der Waals surface area (Å²) in [5, 5.41) is 17.7. The summed E-state index contributed by atoms with van der Waals surface area (Å²) >= 11 is 0. The molecule has 0 fully saturated rings. The van der Waals surface area contributed by atoms with E-state index in [9.17, 15) is 4.79 Å². The summed E-state index contributed by atoms with van der Waals surface area (Å²) < 4.78 is 0. The van der Waals surface area contributed by atoms with Crippen LogP contribution in [-0.4, -0.2) is 41.3 Å². The van der Waals surface area contributed by atoms with Crippen molar-refractivity contribution in [2.24, 2.45) is 0 Å². The Morgan fingerprint density at radius 3 is 2.41 bits per heavy atom. The van der Waals surface area contributed by atoms with Crippen LogP contribution in [0.4, 0.5) is 0 Å². The molecule has 0 saturated heterocycles. The van der Waals surface area contributed by atoms with Crippen LogP contribution >= 0.6 is 0 Å². The molecule has 0 heterocycles. The van der Waals surface area contributed by atoms with E-state index < -0.39 is 11.9 Å². The standard InChI is InChI=1S/C13H19NO3/c1-10(13(16)17)12-5-3-11(4-6-12)9-14(2)7-8-15/h3-6,10,15H,7-9H2,1-2H3,(H,16,17). The van der Waals surface area contributed by atoms with Gasteiger partial charge in [-0.3, -0.25) is 9.69 Å². The maximum atomic E-state index is 10.8. The number of rotatable bonds is 6. The van der Waals surface area contributed by atoms with Gasteiger partial charge in [0.1, 0.15) is 0 Å². The van der Waals surface area contributed by atoms with Crippen LogP contribution < -0.4 is 0 Å². The highest BCUT2D eigenvalue weighted by Crippen LogP contribution is 2.16. The largest absolute Gasteiger partial charge is 0.481 e. The van der Waals surface area contributed by atoms with E-state index in [4.69, 9.17) is 10.2 Å². The third-order valence-electron chi connectivity index (χ3n) is 2.78. The minimum absolute atomic E-state index is 0.143. The number of hydrogen-bond acceptors (Lipinski definition) is 3. The Morgan fingerprint density at radius 2 is 1.94 bits per heavy atom. The average Bonchev–Trinajstić information content (AvgIpc) is 2.29. The maximum Gasteiger partial charge on any atom is 0.310 e. The van der Waals surface area contributed by atoms with Gasteiger partial charge in [-0.2, -0.15) is 0 Å². The number of aliphatic carboxylic acids is 1. The molecule has 0 amide bonds. The van der Waals surface area contributed by atoms with E-state index in [0.29, 0.717) is 6.54 Å². The first-order chi connectivity index (χ1) is 8.04. The molecule has 0 aliphatic carbocycles. The first-order valence-corrected chi connectivity index (χ1v) is 5.65. The minimum atomic E-state index is -0.810. The molecule has 4 nitrogen and oxygen atoms in total. The van der Waals surface area contributed by atoms with E-state index in [1.165, 1.54) is 0 Å². The highest BCUT2D eigenvalue weighted by molar-refractivity contribution is 5.75. The fourth-order valence-electron chi connectivity index (χ4n) is 1.62. The van der Waals surface area contributed by atoms with Gasteiger partial charge < -0.3 is 10.2 Å². The zero-order valence-corrected chi connectivity index (χ0v) is 10.3. The van der Waals surface area contributed by atoms with Crippen LogP contribution in [0.15, 0.2) is 24.3 Å². The summed E-state index contributed by atoms with van der Waals surface area (Å²) in [4.78, 5) is 12.8. The van der Waals surface area contributed by atoms with E-state index in [2.05, 4.69) is 0 Å². The minimum Gasteiger partial charge on any atom is -0.481 e. The average molecular weight is 237 g/mol. The highest BCUT2D eigenvalue weighted by Gasteiger charge is 2.13. The number of hydrogen-bond donors (Lipinski definition) is 2. The van der Waals surface area contributed by atoms with Crippen LogP contribution in [0.2, 0.25) is 0 Å². The molecule has 1 unspecified atom stereocenters. The molecule has 1 atom stereocenters. The summed E-state index contributed by atoms with van der Waals surface area (Å²) in [7, 11) is 1.93. The third kappa shape index (κ3) is 4.17. The van der Waals surface area contributed by atoms with Crippen LogP contribution in [0.25, 0.3) is 0 Å². The Balaban J connectivity index is 2.65. The molecule has 1 aromatic carbocycles. The predicted octanol–water partition coefficient (Wildman–Crippen LogP) is 1.30. The molecule has 1 aromatic rings. The maximum absolute atomic E-state index is 10.8. The summed E-state index contributed by atoms with van der Waals surface area (Å²) in [5.41, 5.74) is 1.92. The Morgan fingerprint density at radius 1 is 1.35 bits per heavy atom. The summed E-state index contributed by atoms with van der Waals surface area (Å²) in [6, 6.07) is 7.56. The molecular weight excluding hydrogens is 218 g/mol. The molecule has 0 spiro atoms. The Kier molecular flexibility index (Phi) is 5.12. The SMILES string of the molecule is CC(C(=O)O)c1ccc(CN(C)CCO)cc1. The number of carbonyl (C=O) groups is 1. The number of carboxylic acid groups (broad SMARTS) is 1. The van der Waals surface area contributed by atoms with Gasteiger partial charge >= 0.3 is 5.97 Å². The smallest absolute Gasteiger partial charge is 0.310 e. The molecule has 17 heavy (non-hydrogen) atoms. The predicted molar refractivity (Wildman–Crippen MR) is 65.9 cm³/mol. The first-order valence-electron chi connectivity index (χ1n) is 5.65. The zero-order chi connectivity index (χ0) is 12.8. The van der Waals surface area contributed by atoms with Crippen molar-refractivity contribution in [1.82, 2.24) is 4.90 Å². The lowest BCUT2D eigenvalue weighted by Crippen LogP contribution is -2.21. The van der Waals surface area contributed by atoms with E-state index in [0.717, 1.165) is 17.7 Å². The summed E-state index contributed by atoms with van der Waals surface area (Å²) in [6.45, 7) is 3.20. The van der Waals surface area contributed by atoms with Gasteiger partial charge in [-0.1, -0.05) is 24.3 Å². The van der Waals surface area contributed by atoms with E-state index in [1.54, 1.807) is 6.92 Å². The fraction of sp³-hybridized carbons (Fsp3) is 0.462. The molecule has 2 N–H and O–H groups in total. The summed E-state index contributed by atoms with van der Waals surface area (Å²) in [6.07, 6.45) is 0. The van der Waals surface area contributed by atoms with Gasteiger partial charge in [0, 0.05) is 13.1 Å². The van der Waals surface area contributed by atoms with Crippen molar-refractivity contribution in [3.05, 3.63) is 35.4 Å². The Hall–Kier alpha value is -1.39. The zero-order valence-electron chi connectivity index (χ0n) is 10.3. The molecule has 0 aliphatic rings. The highest BCUT2D eigenvalue weighted by atomic mass is 16.4. The molecule has 0 bridgehead atoms. The third-order valence-corrected chi connectivity index (χ3v) is 2.78. The van der Waals surface area contributed by atoms with Gasteiger partial charge in [0.05, 0.1) is 12.5 Å². The molecular formula is C13H19NO3. The van der Waals surface area contributed by atoms with Crippen LogP contribution in [0.3, 0.4) is 0 Å². The normalized spacial score (nSPS) is 12.7. The fourth-order valence-corrected chi connectivity index (χ4v) is 1.62. The lowest BCUT2D eigenvalue weighted by molar-refractivity contribution is -0.138. The van der Waals surface area contributed by atoms with Gasteiger partial charge in [-0.05, 0) is 25.1 Å². The lowest BCUT2D eigenvalue weighted by atomic mass is 10.00. The van der Waals surface area contributed by atoms with Crippen molar-refractivity contribution >= 4 is 5.97 Å². The van der Waals surface area contributed by atoms with Gasteiger partial charge in [-0.25, -0.2) is 0 Å². The van der Waals surface area contributed by atoms with Gasteiger partial charge in [0.2, 0.25) is 0 Å². The van der Waals surface area contributed by atoms with E-state index >= 15 is 0 Å². The van der Waals surface area contributed by atoms with Crippen molar-refractivity contribution < 1.29 is 15.0 Å². The number of aliphatic hydroxyl groups is 1. The molecule has 0 aromatic heterocycles. The second kappa shape index (κ2) is 6.37. The summed E-state index contributed by atoms with van der Waals surface area (Å²) in [5.74, 6) is -1.28. The second-order valence-corrected chi connectivity index (χ2v) is 4.26. The quantitative estimate of drug-likeness (QED) is 0.783. The van der Waals surface area contributed by atoms with Crippen molar-refractivity contribution in [2.45, 2.75) is 19.4 Å². The number of likely N-dealkylation sites (N-methyl/N-ethyl adjacent to an activating group) is 1. The number of aliphatic hydroxyl groups excluding tert-OH is 1. The van der Waals surface area contributed by atoms with E-state index in [1.807, 2.05) is 36.2 Å². The van der Waals surface area contributed by atoms with Crippen molar-refractivity contribution in [3.8, 4) is 0 Å². The van der Waals surface area contributed by atoms with Crippen LogP contribution in [-0.2, 0) is 11.3 Å². The van der Waals surface area contributed by atoms with Gasteiger partial charge in [0.15, 0.2) is 0 Å². The second-order valence-electron chi connectivity index (χ2n) is 4.26. The van der Waals surface area contributed by atoms with Crippen LogP contribution in [0.5, 0.6) is 0 Å². The number of nitrogens with zero attached hydrogens (tertiary/aromatic N) is 1.